The van der Waals surface area contributed by atoms with Crippen molar-refractivity contribution in [3.8, 4) is 17.2 Å². The number of aliphatic hydroxyl groups is 2. The number of hydrogen-bond acceptors (Lipinski definition) is 7. The Bertz CT molecular complexity index is 827. The molecule has 2 aromatic rings. The van der Waals surface area contributed by atoms with Crippen molar-refractivity contribution in [1.29, 1.82) is 0 Å². The van der Waals surface area contributed by atoms with Gasteiger partial charge in [-0.25, -0.2) is 0 Å². The first-order chi connectivity index (χ1) is 15.9. The lowest BCUT2D eigenvalue weighted by Crippen LogP contribution is -2.47. The monoisotopic (exact) mass is 498 g/mol. The minimum absolute atomic E-state index is 0.176. The molecular weight excluding hydrogens is 467 g/mol. The van der Waals surface area contributed by atoms with Crippen LogP contribution in [0.3, 0.4) is 0 Å². The standard InChI is InChI=1S/C24H32Cl2N2O5/c1-31-22-2-4-23(5-3-22)32-15-20(29)13-27-19-6-8-28(9-7-19)14-21(30)16-33-24-11-17(25)10-18(26)12-24/h2-5,10-12,19-21,27,29-30H,6-9,13-16H2,1H3/t20-,21-/m0/s1. The van der Waals surface area contributed by atoms with Gasteiger partial charge in [-0.3, -0.25) is 0 Å². The van der Waals surface area contributed by atoms with Gasteiger partial charge in [0.25, 0.3) is 0 Å². The molecule has 3 N–H and O–H groups in total. The normalized spacial score (nSPS) is 16.9. The number of nitrogens with one attached hydrogen (secondary N) is 1. The second-order valence-corrected chi connectivity index (χ2v) is 9.07. The number of rotatable bonds is 12. The number of nitrogens with zero attached hydrogens (tertiary/aromatic N) is 1. The summed E-state index contributed by atoms with van der Waals surface area (Å²) in [6.07, 6.45) is 0.695. The zero-order valence-electron chi connectivity index (χ0n) is 18.8. The van der Waals surface area contributed by atoms with E-state index in [1.54, 1.807) is 25.3 Å². The van der Waals surface area contributed by atoms with Gasteiger partial charge in [-0.15, -0.1) is 0 Å². The van der Waals surface area contributed by atoms with Crippen molar-refractivity contribution in [1.82, 2.24) is 10.2 Å². The third-order valence-electron chi connectivity index (χ3n) is 5.48. The van der Waals surface area contributed by atoms with E-state index in [9.17, 15) is 10.2 Å². The van der Waals surface area contributed by atoms with Gasteiger partial charge in [0.05, 0.1) is 7.11 Å². The lowest BCUT2D eigenvalue weighted by molar-refractivity contribution is 0.0556. The van der Waals surface area contributed by atoms with Crippen LogP contribution in [-0.4, -0.2) is 79.9 Å². The van der Waals surface area contributed by atoms with E-state index in [4.69, 9.17) is 37.4 Å². The Kier molecular flexibility index (Phi) is 10.4. The number of benzene rings is 2. The molecule has 0 unspecified atom stereocenters. The van der Waals surface area contributed by atoms with Crippen molar-refractivity contribution in [3.05, 3.63) is 52.5 Å². The first-order valence-electron chi connectivity index (χ1n) is 11.1. The summed E-state index contributed by atoms with van der Waals surface area (Å²) in [5.41, 5.74) is 0. The van der Waals surface area contributed by atoms with Gasteiger partial charge in [-0.05, 0) is 68.4 Å². The van der Waals surface area contributed by atoms with Gasteiger partial charge in [0, 0.05) is 29.2 Å². The fourth-order valence-corrected chi connectivity index (χ4v) is 4.21. The highest BCUT2D eigenvalue weighted by Gasteiger charge is 2.21. The fraction of sp³-hybridized carbons (Fsp3) is 0.500. The van der Waals surface area contributed by atoms with E-state index in [0.717, 1.165) is 31.7 Å². The number of methoxy groups -OCH3 is 1. The Hall–Kier alpha value is -1.74. The van der Waals surface area contributed by atoms with Crippen LogP contribution in [0, 0.1) is 0 Å². The molecule has 1 aliphatic rings. The molecule has 3 rings (SSSR count). The molecule has 2 aromatic carbocycles. The molecule has 0 bridgehead atoms. The van der Waals surface area contributed by atoms with Crippen LogP contribution in [0.2, 0.25) is 10.0 Å². The number of likely N-dealkylation sites (tertiary alicyclic amines) is 1. The molecule has 182 valence electrons. The van der Waals surface area contributed by atoms with Gasteiger partial charge >= 0.3 is 0 Å². The molecule has 0 radical (unpaired) electrons. The van der Waals surface area contributed by atoms with Crippen LogP contribution in [0.25, 0.3) is 0 Å². The summed E-state index contributed by atoms with van der Waals surface area (Å²) < 4.78 is 16.4. The maximum absolute atomic E-state index is 10.3. The second-order valence-electron chi connectivity index (χ2n) is 8.19. The van der Waals surface area contributed by atoms with E-state index in [-0.39, 0.29) is 13.2 Å². The third-order valence-corrected chi connectivity index (χ3v) is 5.92. The lowest BCUT2D eigenvalue weighted by atomic mass is 10.0. The molecule has 1 aliphatic heterocycles. The predicted molar refractivity (Wildman–Crippen MR) is 130 cm³/mol. The van der Waals surface area contributed by atoms with Crippen molar-refractivity contribution in [2.75, 3.05) is 46.5 Å². The van der Waals surface area contributed by atoms with Gasteiger partial charge in [-0.2, -0.15) is 0 Å². The third kappa shape index (κ3) is 9.20. The maximum atomic E-state index is 10.3. The number of halogens is 2. The minimum atomic E-state index is -0.607. The van der Waals surface area contributed by atoms with Gasteiger partial charge in [0.15, 0.2) is 0 Å². The molecule has 0 aliphatic carbocycles. The van der Waals surface area contributed by atoms with E-state index < -0.39 is 12.2 Å². The number of ether oxygens (including phenoxy) is 3. The molecule has 0 aromatic heterocycles. The van der Waals surface area contributed by atoms with Gasteiger partial charge in [-0.1, -0.05) is 23.2 Å². The highest BCUT2D eigenvalue weighted by atomic mass is 35.5. The molecule has 0 spiro atoms. The lowest BCUT2D eigenvalue weighted by Gasteiger charge is -2.33. The van der Waals surface area contributed by atoms with E-state index in [1.165, 1.54) is 0 Å². The zero-order chi connectivity index (χ0) is 23.6. The Morgan fingerprint density at radius 1 is 0.909 bits per heavy atom. The highest BCUT2D eigenvalue weighted by Crippen LogP contribution is 2.24. The zero-order valence-corrected chi connectivity index (χ0v) is 20.3. The average Bonchev–Trinajstić information content (AvgIpc) is 2.81. The molecule has 2 atom stereocenters. The molecule has 0 amide bonds. The first kappa shape index (κ1) is 25.9. The number of aliphatic hydroxyl groups excluding tert-OH is 2. The van der Waals surface area contributed by atoms with Crippen molar-refractivity contribution in [2.45, 2.75) is 31.1 Å². The molecule has 1 heterocycles. The largest absolute Gasteiger partial charge is 0.497 e. The van der Waals surface area contributed by atoms with Crippen LogP contribution in [-0.2, 0) is 0 Å². The Morgan fingerprint density at radius 2 is 1.48 bits per heavy atom. The molecule has 0 saturated carbocycles. The SMILES string of the molecule is COc1ccc(OC[C@@H](O)CNC2CCN(C[C@H](O)COc3cc(Cl)cc(Cl)c3)CC2)cc1. The minimum Gasteiger partial charge on any atom is -0.497 e. The van der Waals surface area contributed by atoms with Crippen molar-refractivity contribution >= 4 is 23.2 Å². The first-order valence-corrected chi connectivity index (χ1v) is 11.8. The summed E-state index contributed by atoms with van der Waals surface area (Å²) in [5.74, 6) is 2.01. The quantitative estimate of drug-likeness (QED) is 0.414. The molecule has 7 nitrogen and oxygen atoms in total. The van der Waals surface area contributed by atoms with Crippen LogP contribution >= 0.6 is 23.2 Å². The summed E-state index contributed by atoms with van der Waals surface area (Å²) in [5, 5.41) is 25.0. The number of β-amino-alcohol motifs (C(OH)–C–C–N with tert-alkyl or cyclic N) is 1. The van der Waals surface area contributed by atoms with E-state index in [0.29, 0.717) is 40.7 Å². The van der Waals surface area contributed by atoms with E-state index >= 15 is 0 Å². The summed E-state index contributed by atoms with van der Waals surface area (Å²) in [6, 6.07) is 12.6. The molecule has 1 fully saturated rings. The Balaban J connectivity index is 1.28. The predicted octanol–water partition coefficient (Wildman–Crippen LogP) is 3.24. The van der Waals surface area contributed by atoms with Crippen LogP contribution in [0.1, 0.15) is 12.8 Å². The van der Waals surface area contributed by atoms with Gasteiger partial charge in [0.1, 0.15) is 42.7 Å². The highest BCUT2D eigenvalue weighted by molar-refractivity contribution is 6.34. The molecule has 33 heavy (non-hydrogen) atoms. The smallest absolute Gasteiger partial charge is 0.122 e. The van der Waals surface area contributed by atoms with Gasteiger partial charge in [0.2, 0.25) is 0 Å². The number of hydrogen-bond donors (Lipinski definition) is 3. The maximum Gasteiger partial charge on any atom is 0.122 e. The van der Waals surface area contributed by atoms with Crippen LogP contribution in [0.5, 0.6) is 17.2 Å². The summed E-state index contributed by atoms with van der Waals surface area (Å²) >= 11 is 11.9. The van der Waals surface area contributed by atoms with Crippen molar-refractivity contribution < 1.29 is 24.4 Å². The van der Waals surface area contributed by atoms with Crippen molar-refractivity contribution in [3.63, 3.8) is 0 Å². The Morgan fingerprint density at radius 3 is 2.12 bits per heavy atom. The molecule has 1 saturated heterocycles. The van der Waals surface area contributed by atoms with Crippen LogP contribution < -0.4 is 19.5 Å². The summed E-state index contributed by atoms with van der Waals surface area (Å²) in [6.45, 7) is 3.16. The van der Waals surface area contributed by atoms with Crippen LogP contribution in [0.15, 0.2) is 42.5 Å². The summed E-state index contributed by atoms with van der Waals surface area (Å²) in [7, 11) is 1.62. The van der Waals surface area contributed by atoms with E-state index in [1.807, 2.05) is 24.3 Å². The molecular formula is C24H32Cl2N2O5. The summed E-state index contributed by atoms with van der Waals surface area (Å²) in [4.78, 5) is 2.22. The van der Waals surface area contributed by atoms with Crippen molar-refractivity contribution in [2.24, 2.45) is 0 Å². The van der Waals surface area contributed by atoms with E-state index in [2.05, 4.69) is 10.2 Å². The second kappa shape index (κ2) is 13.2. The number of piperidine rings is 1. The molecule has 9 heteroatoms. The average molecular weight is 499 g/mol. The van der Waals surface area contributed by atoms with Crippen LogP contribution in [0.4, 0.5) is 0 Å². The topological polar surface area (TPSA) is 83.4 Å². The fourth-order valence-electron chi connectivity index (χ4n) is 3.70. The van der Waals surface area contributed by atoms with Gasteiger partial charge < -0.3 is 34.6 Å². The Labute approximate surface area is 205 Å².